The number of hydrogen-bond acceptors (Lipinski definition) is 4. The molecule has 0 aliphatic carbocycles. The summed E-state index contributed by atoms with van der Waals surface area (Å²) in [6.07, 6.45) is 0.380. The Morgan fingerprint density at radius 3 is 2.49 bits per heavy atom. The quantitative estimate of drug-likeness (QED) is 0.249. The van der Waals surface area contributed by atoms with Gasteiger partial charge < -0.3 is 15.0 Å². The van der Waals surface area contributed by atoms with Gasteiger partial charge in [-0.25, -0.2) is 9.69 Å². The van der Waals surface area contributed by atoms with Crippen LogP contribution in [-0.2, 0) is 17.8 Å². The number of nitrogens with one attached hydrogen (secondary N) is 2. The van der Waals surface area contributed by atoms with Crippen LogP contribution in [0, 0.1) is 6.92 Å². The van der Waals surface area contributed by atoms with Gasteiger partial charge in [-0.05, 0) is 47.9 Å². The molecule has 8 heteroatoms. The fourth-order valence-electron chi connectivity index (χ4n) is 6.49. The highest BCUT2D eigenvalue weighted by Crippen LogP contribution is 2.45. The summed E-state index contributed by atoms with van der Waals surface area (Å²) in [7, 11) is 1.58. The van der Waals surface area contributed by atoms with Crippen molar-refractivity contribution in [2.45, 2.75) is 32.0 Å². The third-order valence-electron chi connectivity index (χ3n) is 8.55. The van der Waals surface area contributed by atoms with E-state index in [2.05, 4.69) is 16.4 Å². The molecule has 7 rings (SSSR count). The molecule has 2 N–H and O–H groups in total. The van der Waals surface area contributed by atoms with Gasteiger partial charge in [0.1, 0.15) is 17.8 Å². The Bertz CT molecular complexity index is 1910. The Kier molecular flexibility index (Phi) is 6.46. The number of imide groups is 1. The van der Waals surface area contributed by atoms with Gasteiger partial charge in [0.05, 0.1) is 18.4 Å². The third kappa shape index (κ3) is 4.25. The molecular weight excluding hydrogens is 540 g/mol. The van der Waals surface area contributed by atoms with E-state index in [1.165, 1.54) is 4.90 Å². The van der Waals surface area contributed by atoms with E-state index in [4.69, 9.17) is 4.74 Å². The van der Waals surface area contributed by atoms with E-state index in [0.717, 1.165) is 38.9 Å². The minimum Gasteiger partial charge on any atom is -0.496 e. The van der Waals surface area contributed by atoms with Crippen molar-refractivity contribution in [3.63, 3.8) is 0 Å². The number of carbonyl (C=O) groups is 3. The lowest BCUT2D eigenvalue weighted by atomic mass is 9.87. The molecule has 3 heterocycles. The standard InChI is InChI=1S/C35H30N4O4/c1-21-11-3-5-13-23(21)32-31-26(24-14-6-8-16-27(24)37-31)19-29-34(41)39(35(42)38(29)32)28-17-9-7-15-25(28)33(40)36-20-22-12-4-10-18-30(22)43-2/h3-18,29,32,37H,19-20H2,1-2H3,(H,36,40). The number of hydrogen-bond donors (Lipinski definition) is 2. The van der Waals surface area contributed by atoms with E-state index >= 15 is 0 Å². The van der Waals surface area contributed by atoms with E-state index in [1.54, 1.807) is 36.3 Å². The molecule has 0 spiro atoms. The topological polar surface area (TPSA) is 94.7 Å². The molecular formula is C35H30N4O4. The van der Waals surface area contributed by atoms with Crippen molar-refractivity contribution in [2.24, 2.45) is 0 Å². The number of urea groups is 1. The van der Waals surface area contributed by atoms with Gasteiger partial charge in [0.2, 0.25) is 0 Å². The number of aromatic nitrogens is 1. The molecule has 1 fully saturated rings. The number of aromatic amines is 1. The van der Waals surface area contributed by atoms with Crippen LogP contribution < -0.4 is 15.0 Å². The van der Waals surface area contributed by atoms with Crippen molar-refractivity contribution >= 4 is 34.4 Å². The number of para-hydroxylation sites is 3. The first-order valence-electron chi connectivity index (χ1n) is 14.3. The van der Waals surface area contributed by atoms with Crippen molar-refractivity contribution in [1.82, 2.24) is 15.2 Å². The van der Waals surface area contributed by atoms with Crippen LogP contribution in [0.4, 0.5) is 10.5 Å². The van der Waals surface area contributed by atoms with Crippen LogP contribution in [0.1, 0.15) is 44.3 Å². The normalized spacial score (nSPS) is 17.6. The first-order valence-corrected chi connectivity index (χ1v) is 14.3. The average Bonchev–Trinajstić information content (AvgIpc) is 3.53. The summed E-state index contributed by atoms with van der Waals surface area (Å²) in [6, 6.07) is 28.5. The molecule has 2 aliphatic rings. The minimum absolute atomic E-state index is 0.227. The number of methoxy groups -OCH3 is 1. The van der Waals surface area contributed by atoms with E-state index in [9.17, 15) is 14.4 Å². The Morgan fingerprint density at radius 1 is 0.930 bits per heavy atom. The monoisotopic (exact) mass is 570 g/mol. The van der Waals surface area contributed by atoms with Crippen molar-refractivity contribution in [3.8, 4) is 5.75 Å². The summed E-state index contributed by atoms with van der Waals surface area (Å²) in [4.78, 5) is 48.6. The number of anilines is 1. The van der Waals surface area contributed by atoms with Gasteiger partial charge in [0.25, 0.3) is 11.8 Å². The summed E-state index contributed by atoms with van der Waals surface area (Å²) in [5.74, 6) is -0.0704. The van der Waals surface area contributed by atoms with Crippen LogP contribution in [0.2, 0.25) is 0 Å². The van der Waals surface area contributed by atoms with E-state index in [1.807, 2.05) is 73.7 Å². The Labute approximate surface area is 248 Å². The van der Waals surface area contributed by atoms with Gasteiger partial charge in [-0.3, -0.25) is 14.5 Å². The maximum atomic E-state index is 14.4. The Balaban J connectivity index is 1.28. The molecule has 2 unspecified atom stereocenters. The lowest BCUT2D eigenvalue weighted by molar-refractivity contribution is -0.120. The number of aryl methyl sites for hydroxylation is 1. The van der Waals surface area contributed by atoms with Gasteiger partial charge in [-0.15, -0.1) is 0 Å². The van der Waals surface area contributed by atoms with Crippen molar-refractivity contribution in [2.75, 3.05) is 12.0 Å². The van der Waals surface area contributed by atoms with E-state index in [0.29, 0.717) is 12.2 Å². The molecule has 0 bridgehead atoms. The molecule has 8 nitrogen and oxygen atoms in total. The number of rotatable bonds is 6. The Morgan fingerprint density at radius 2 is 1.65 bits per heavy atom. The van der Waals surface area contributed by atoms with Crippen molar-refractivity contribution in [1.29, 1.82) is 0 Å². The molecule has 1 saturated heterocycles. The maximum absolute atomic E-state index is 14.4. The lowest BCUT2D eigenvalue weighted by Crippen LogP contribution is -2.44. The predicted molar refractivity (Wildman–Crippen MR) is 164 cm³/mol. The van der Waals surface area contributed by atoms with Crippen LogP contribution in [-0.4, -0.2) is 40.9 Å². The molecule has 2 aliphatic heterocycles. The summed E-state index contributed by atoms with van der Waals surface area (Å²) < 4.78 is 5.42. The van der Waals surface area contributed by atoms with Crippen LogP contribution >= 0.6 is 0 Å². The van der Waals surface area contributed by atoms with Crippen LogP contribution in [0.25, 0.3) is 10.9 Å². The number of nitrogens with zero attached hydrogens (tertiary/aromatic N) is 2. The fourth-order valence-corrected chi connectivity index (χ4v) is 6.49. The first kappa shape index (κ1) is 26.5. The smallest absolute Gasteiger partial charge is 0.332 e. The SMILES string of the molecule is COc1ccccc1CNC(=O)c1ccccc1N1C(=O)C2Cc3c([nH]c4ccccc34)C(c3ccccc3C)N2C1=O. The second-order valence-electron chi connectivity index (χ2n) is 10.9. The zero-order valence-corrected chi connectivity index (χ0v) is 23.8. The van der Waals surface area contributed by atoms with Crippen LogP contribution in [0.3, 0.4) is 0 Å². The highest BCUT2D eigenvalue weighted by molar-refractivity contribution is 6.24. The fraction of sp³-hybridized carbons (Fsp3) is 0.171. The molecule has 1 aromatic heterocycles. The summed E-state index contributed by atoms with van der Waals surface area (Å²) >= 11 is 0. The molecule has 0 saturated carbocycles. The first-order chi connectivity index (χ1) is 21.0. The molecule has 0 radical (unpaired) electrons. The highest BCUT2D eigenvalue weighted by atomic mass is 16.5. The van der Waals surface area contributed by atoms with Crippen LogP contribution in [0.5, 0.6) is 5.75 Å². The summed E-state index contributed by atoms with van der Waals surface area (Å²) in [5, 5.41) is 3.98. The number of ether oxygens (including phenoxy) is 1. The van der Waals surface area contributed by atoms with Crippen LogP contribution in [0.15, 0.2) is 97.1 Å². The zero-order chi connectivity index (χ0) is 29.7. The van der Waals surface area contributed by atoms with Gasteiger partial charge in [0.15, 0.2) is 0 Å². The minimum atomic E-state index is -0.714. The number of benzene rings is 4. The number of amides is 4. The van der Waals surface area contributed by atoms with Gasteiger partial charge in [-0.2, -0.15) is 0 Å². The van der Waals surface area contributed by atoms with Crippen molar-refractivity contribution < 1.29 is 19.1 Å². The van der Waals surface area contributed by atoms with E-state index < -0.39 is 24.0 Å². The summed E-state index contributed by atoms with van der Waals surface area (Å²) in [6.45, 7) is 2.24. The highest BCUT2D eigenvalue weighted by Gasteiger charge is 2.53. The second-order valence-corrected chi connectivity index (χ2v) is 10.9. The Hall–Kier alpha value is -5.37. The molecule has 43 heavy (non-hydrogen) atoms. The largest absolute Gasteiger partial charge is 0.496 e. The molecule has 214 valence electrons. The number of carbonyl (C=O) groups excluding carboxylic acids is 3. The zero-order valence-electron chi connectivity index (χ0n) is 23.8. The molecule has 2 atom stereocenters. The third-order valence-corrected chi connectivity index (χ3v) is 8.55. The number of fused-ring (bicyclic) bond motifs is 4. The van der Waals surface area contributed by atoms with E-state index in [-0.39, 0.29) is 23.7 Å². The maximum Gasteiger partial charge on any atom is 0.332 e. The lowest BCUT2D eigenvalue weighted by Gasteiger charge is -2.36. The van der Waals surface area contributed by atoms with Gasteiger partial charge in [-0.1, -0.05) is 72.8 Å². The molecule has 5 aromatic rings. The molecule has 4 aromatic carbocycles. The van der Waals surface area contributed by atoms with Gasteiger partial charge in [0, 0.05) is 35.1 Å². The predicted octanol–water partition coefficient (Wildman–Crippen LogP) is 5.90. The summed E-state index contributed by atoms with van der Waals surface area (Å²) in [5.41, 5.74) is 6.22. The average molecular weight is 571 g/mol. The second kappa shape index (κ2) is 10.5. The van der Waals surface area contributed by atoms with Crippen molar-refractivity contribution in [3.05, 3.63) is 131 Å². The molecule has 4 amide bonds. The number of H-pyrrole nitrogens is 1. The van der Waals surface area contributed by atoms with Gasteiger partial charge >= 0.3 is 6.03 Å².